The number of carbonyl (C=O) groups is 1. The van der Waals surface area contributed by atoms with Gasteiger partial charge < -0.3 is 24.5 Å². The van der Waals surface area contributed by atoms with E-state index in [2.05, 4.69) is 31.8 Å². The van der Waals surface area contributed by atoms with Gasteiger partial charge in [-0.1, -0.05) is 25.9 Å². The number of amides is 1. The normalized spacial score (nSPS) is 11.3. The van der Waals surface area contributed by atoms with E-state index in [1.165, 1.54) is 13.1 Å². The molecule has 0 aliphatic rings. The lowest BCUT2D eigenvalue weighted by Crippen LogP contribution is -2.09. The summed E-state index contributed by atoms with van der Waals surface area (Å²) in [6.45, 7) is 7.51. The third kappa shape index (κ3) is 4.48. The van der Waals surface area contributed by atoms with Gasteiger partial charge in [0, 0.05) is 37.7 Å². The SMILES string of the molecule is CC(=O)Nc1cc(Oc2ccc3nc(Nc4cc(C(C)(C)C)on4)n(C)c3c2C#N)ccn1. The number of nitrogens with one attached hydrogen (secondary N) is 2. The van der Waals surface area contributed by atoms with Gasteiger partial charge in [-0.15, -0.1) is 0 Å². The standard InChI is InChI=1S/C23H23N7O3/c1-13(31)26-19-10-14(8-9-25-19)32-17-7-6-16-21(15(17)12-24)30(5)22(27-16)28-20-11-18(33-29-20)23(2,3)4/h6-11H,1-5H3,(H,25,26,31)(H,27,28,29). The Morgan fingerprint density at radius 1 is 1.21 bits per heavy atom. The summed E-state index contributed by atoms with van der Waals surface area (Å²) in [5.41, 5.74) is 1.38. The largest absolute Gasteiger partial charge is 0.456 e. The molecule has 0 spiro atoms. The van der Waals surface area contributed by atoms with Crippen LogP contribution in [-0.2, 0) is 17.3 Å². The molecule has 0 aliphatic carbocycles. The Hall–Kier alpha value is -4.39. The number of imidazole rings is 1. The molecule has 4 aromatic rings. The monoisotopic (exact) mass is 445 g/mol. The number of aromatic nitrogens is 4. The molecule has 0 unspecified atom stereocenters. The summed E-state index contributed by atoms with van der Waals surface area (Å²) < 4.78 is 13.1. The predicted octanol–water partition coefficient (Wildman–Crippen LogP) is 4.62. The Labute approximate surface area is 190 Å². The number of anilines is 3. The van der Waals surface area contributed by atoms with Gasteiger partial charge in [-0.3, -0.25) is 4.79 Å². The number of rotatable bonds is 5. The van der Waals surface area contributed by atoms with E-state index in [9.17, 15) is 10.1 Å². The summed E-state index contributed by atoms with van der Waals surface area (Å²) in [6, 6.07) is 10.7. The van der Waals surface area contributed by atoms with Crippen LogP contribution in [-0.4, -0.2) is 25.6 Å². The topological polar surface area (TPSA) is 131 Å². The first-order chi connectivity index (χ1) is 15.7. The molecule has 10 heteroatoms. The van der Waals surface area contributed by atoms with Crippen molar-refractivity contribution in [3.05, 3.63) is 47.9 Å². The molecule has 3 heterocycles. The Kier molecular flexibility index (Phi) is 5.47. The van der Waals surface area contributed by atoms with Crippen molar-refractivity contribution < 1.29 is 14.1 Å². The zero-order chi connectivity index (χ0) is 23.8. The second-order valence-corrected chi connectivity index (χ2v) is 8.52. The number of hydrogen-bond donors (Lipinski definition) is 2. The molecular weight excluding hydrogens is 422 g/mol. The van der Waals surface area contributed by atoms with E-state index < -0.39 is 0 Å². The second kappa shape index (κ2) is 8.27. The first-order valence-electron chi connectivity index (χ1n) is 10.2. The van der Waals surface area contributed by atoms with Gasteiger partial charge in [0.05, 0.1) is 11.0 Å². The minimum atomic E-state index is -0.240. The molecule has 2 N–H and O–H groups in total. The van der Waals surface area contributed by atoms with Crippen LogP contribution in [0.2, 0.25) is 0 Å². The van der Waals surface area contributed by atoms with Crippen LogP contribution in [0.25, 0.3) is 11.0 Å². The van der Waals surface area contributed by atoms with E-state index in [-0.39, 0.29) is 11.3 Å². The zero-order valence-corrected chi connectivity index (χ0v) is 18.9. The fourth-order valence-electron chi connectivity index (χ4n) is 3.24. The van der Waals surface area contributed by atoms with Crippen molar-refractivity contribution in [2.75, 3.05) is 10.6 Å². The molecule has 3 aromatic heterocycles. The number of fused-ring (bicyclic) bond motifs is 1. The van der Waals surface area contributed by atoms with Gasteiger partial charge in [-0.2, -0.15) is 5.26 Å². The Morgan fingerprint density at radius 2 is 2.00 bits per heavy atom. The number of ether oxygens (including phenoxy) is 1. The lowest BCUT2D eigenvalue weighted by molar-refractivity contribution is -0.114. The summed E-state index contributed by atoms with van der Waals surface area (Å²) in [6.07, 6.45) is 1.51. The van der Waals surface area contributed by atoms with Gasteiger partial charge in [0.1, 0.15) is 34.7 Å². The first kappa shape index (κ1) is 21.8. The fourth-order valence-corrected chi connectivity index (χ4v) is 3.24. The van der Waals surface area contributed by atoms with Gasteiger partial charge in [0.2, 0.25) is 11.9 Å². The van der Waals surface area contributed by atoms with E-state index in [4.69, 9.17) is 9.26 Å². The van der Waals surface area contributed by atoms with Crippen molar-refractivity contribution in [3.8, 4) is 17.6 Å². The summed E-state index contributed by atoms with van der Waals surface area (Å²) in [7, 11) is 1.80. The van der Waals surface area contributed by atoms with Crippen LogP contribution in [0.1, 0.15) is 39.0 Å². The van der Waals surface area contributed by atoms with Crippen molar-refractivity contribution in [2.24, 2.45) is 7.05 Å². The molecule has 0 aliphatic heterocycles. The van der Waals surface area contributed by atoms with Crippen LogP contribution < -0.4 is 15.4 Å². The zero-order valence-electron chi connectivity index (χ0n) is 18.9. The van der Waals surface area contributed by atoms with E-state index in [0.29, 0.717) is 45.7 Å². The maximum atomic E-state index is 11.3. The maximum Gasteiger partial charge on any atom is 0.222 e. The number of carbonyl (C=O) groups excluding carboxylic acids is 1. The highest BCUT2D eigenvalue weighted by molar-refractivity contribution is 5.88. The summed E-state index contributed by atoms with van der Waals surface area (Å²) in [4.78, 5) is 20.0. The third-order valence-electron chi connectivity index (χ3n) is 4.86. The van der Waals surface area contributed by atoms with Gasteiger partial charge in [0.25, 0.3) is 0 Å². The molecule has 0 saturated carbocycles. The highest BCUT2D eigenvalue weighted by atomic mass is 16.5. The minimum absolute atomic E-state index is 0.174. The fraction of sp³-hybridized carbons (Fsp3) is 0.261. The number of nitriles is 1. The summed E-state index contributed by atoms with van der Waals surface area (Å²) >= 11 is 0. The highest BCUT2D eigenvalue weighted by Gasteiger charge is 2.21. The van der Waals surface area contributed by atoms with E-state index in [0.717, 1.165) is 5.76 Å². The molecule has 168 valence electrons. The maximum absolute atomic E-state index is 11.3. The number of nitrogens with zero attached hydrogens (tertiary/aromatic N) is 5. The van der Waals surface area contributed by atoms with Crippen LogP contribution >= 0.6 is 0 Å². The number of hydrogen-bond acceptors (Lipinski definition) is 8. The van der Waals surface area contributed by atoms with Gasteiger partial charge in [0.15, 0.2) is 5.82 Å². The molecule has 0 bridgehead atoms. The van der Waals surface area contributed by atoms with Crippen LogP contribution in [0, 0.1) is 11.3 Å². The minimum Gasteiger partial charge on any atom is -0.456 e. The van der Waals surface area contributed by atoms with Crippen molar-refractivity contribution in [2.45, 2.75) is 33.1 Å². The Morgan fingerprint density at radius 3 is 2.67 bits per heavy atom. The number of benzene rings is 1. The smallest absolute Gasteiger partial charge is 0.222 e. The van der Waals surface area contributed by atoms with E-state index in [1.54, 1.807) is 35.9 Å². The van der Waals surface area contributed by atoms with Crippen molar-refractivity contribution >= 4 is 34.5 Å². The van der Waals surface area contributed by atoms with Crippen LogP contribution in [0.3, 0.4) is 0 Å². The molecular formula is C23H23N7O3. The van der Waals surface area contributed by atoms with Crippen molar-refractivity contribution in [1.29, 1.82) is 5.26 Å². The lowest BCUT2D eigenvalue weighted by atomic mass is 9.93. The van der Waals surface area contributed by atoms with Crippen LogP contribution in [0.5, 0.6) is 11.5 Å². The lowest BCUT2D eigenvalue weighted by Gasteiger charge is -2.12. The van der Waals surface area contributed by atoms with E-state index in [1.807, 2.05) is 26.8 Å². The Bertz CT molecular complexity index is 1390. The third-order valence-corrected chi connectivity index (χ3v) is 4.86. The number of pyridine rings is 1. The van der Waals surface area contributed by atoms with Crippen molar-refractivity contribution in [3.63, 3.8) is 0 Å². The molecule has 0 atom stereocenters. The molecule has 1 aromatic carbocycles. The highest BCUT2D eigenvalue weighted by Crippen LogP contribution is 2.33. The summed E-state index contributed by atoms with van der Waals surface area (Å²) in [5, 5.41) is 19.7. The predicted molar refractivity (Wildman–Crippen MR) is 123 cm³/mol. The quantitative estimate of drug-likeness (QED) is 0.455. The molecule has 10 nitrogen and oxygen atoms in total. The average molecular weight is 445 g/mol. The van der Waals surface area contributed by atoms with Crippen LogP contribution in [0.4, 0.5) is 17.6 Å². The summed E-state index contributed by atoms with van der Waals surface area (Å²) in [5.74, 6) is 2.68. The molecule has 4 rings (SSSR count). The molecule has 33 heavy (non-hydrogen) atoms. The van der Waals surface area contributed by atoms with Gasteiger partial charge in [-0.05, 0) is 18.2 Å². The molecule has 0 saturated heterocycles. The van der Waals surface area contributed by atoms with E-state index >= 15 is 0 Å². The molecule has 0 radical (unpaired) electrons. The van der Waals surface area contributed by atoms with Gasteiger partial charge in [-0.25, -0.2) is 9.97 Å². The van der Waals surface area contributed by atoms with Crippen molar-refractivity contribution in [1.82, 2.24) is 19.7 Å². The van der Waals surface area contributed by atoms with Crippen LogP contribution in [0.15, 0.2) is 41.1 Å². The molecule has 0 fully saturated rings. The second-order valence-electron chi connectivity index (χ2n) is 8.52. The molecule has 1 amide bonds. The first-order valence-corrected chi connectivity index (χ1v) is 10.2. The van der Waals surface area contributed by atoms with Gasteiger partial charge >= 0.3 is 0 Å². The number of aryl methyl sites for hydroxylation is 1. The Balaban J connectivity index is 1.67. The average Bonchev–Trinajstić information content (AvgIpc) is 3.33.